The van der Waals surface area contributed by atoms with Gasteiger partial charge < -0.3 is 4.74 Å². The maximum absolute atomic E-state index is 12.3. The van der Waals surface area contributed by atoms with E-state index >= 15 is 0 Å². The van der Waals surface area contributed by atoms with Crippen LogP contribution in [0.3, 0.4) is 0 Å². The first kappa shape index (κ1) is 17.3. The zero-order chi connectivity index (χ0) is 15.3. The van der Waals surface area contributed by atoms with Gasteiger partial charge in [0.1, 0.15) is 4.21 Å². The first-order chi connectivity index (χ1) is 9.34. The number of sulfonamides is 1. The third kappa shape index (κ3) is 3.89. The number of hydrogen-bond donors (Lipinski definition) is 0. The van der Waals surface area contributed by atoms with Crippen LogP contribution in [0.25, 0.3) is 0 Å². The molecule has 0 aliphatic carbocycles. The van der Waals surface area contributed by atoms with Gasteiger partial charge in [0.2, 0.25) is 0 Å². The van der Waals surface area contributed by atoms with Gasteiger partial charge in [0.25, 0.3) is 15.7 Å². The molecule has 0 fully saturated rings. The molecule has 0 N–H and O–H groups in total. The van der Waals surface area contributed by atoms with Gasteiger partial charge in [-0.25, -0.2) is 8.42 Å². The van der Waals surface area contributed by atoms with Gasteiger partial charge in [-0.3, -0.25) is 10.1 Å². The molecule has 7 nitrogen and oxygen atoms in total. The second-order valence-corrected chi connectivity index (χ2v) is 7.49. The van der Waals surface area contributed by atoms with Crippen molar-refractivity contribution in [1.82, 2.24) is 4.31 Å². The highest BCUT2D eigenvalue weighted by atomic mass is 35.5. The number of likely N-dealkylation sites (N-methyl/N-ethyl adjacent to an activating group) is 1. The van der Waals surface area contributed by atoms with Crippen molar-refractivity contribution in [2.75, 3.05) is 26.3 Å². The molecule has 1 heterocycles. The average Bonchev–Trinajstić information content (AvgIpc) is 2.77. The molecule has 0 unspecified atom stereocenters. The predicted octanol–water partition coefficient (Wildman–Crippen LogP) is 2.36. The third-order valence-electron chi connectivity index (χ3n) is 2.48. The minimum atomic E-state index is -3.78. The van der Waals surface area contributed by atoms with Crippen molar-refractivity contribution in [2.45, 2.75) is 18.1 Å². The first-order valence-electron chi connectivity index (χ1n) is 5.86. The normalized spacial score (nSPS) is 12.0. The lowest BCUT2D eigenvalue weighted by Gasteiger charge is -2.18. The summed E-state index contributed by atoms with van der Waals surface area (Å²) in [6.07, 6.45) is 0. The molecule has 0 saturated heterocycles. The van der Waals surface area contributed by atoms with Crippen molar-refractivity contribution in [1.29, 1.82) is 0 Å². The number of halogens is 1. The molecule has 0 aliphatic heterocycles. The van der Waals surface area contributed by atoms with Crippen molar-refractivity contribution in [3.05, 3.63) is 20.5 Å². The van der Waals surface area contributed by atoms with E-state index in [9.17, 15) is 18.5 Å². The largest absolute Gasteiger partial charge is 0.380 e. The van der Waals surface area contributed by atoms with Gasteiger partial charge in [0.05, 0.1) is 11.5 Å². The van der Waals surface area contributed by atoms with Crippen molar-refractivity contribution in [3.63, 3.8) is 0 Å². The van der Waals surface area contributed by atoms with Crippen LogP contribution >= 0.6 is 22.9 Å². The summed E-state index contributed by atoms with van der Waals surface area (Å²) in [5, 5.41) is 10.7. The summed E-state index contributed by atoms with van der Waals surface area (Å²) < 4.78 is 30.7. The molecule has 0 radical (unpaired) electrons. The minimum absolute atomic E-state index is 0.132. The molecule has 1 aromatic rings. The Labute approximate surface area is 126 Å². The Kier molecular flexibility index (Phi) is 6.34. The Morgan fingerprint density at radius 2 is 2.15 bits per heavy atom. The van der Waals surface area contributed by atoms with Crippen LogP contribution in [0.2, 0.25) is 4.34 Å². The number of nitrogens with zero attached hydrogens (tertiary/aromatic N) is 2. The summed E-state index contributed by atoms with van der Waals surface area (Å²) in [5.74, 6) is 0. The quantitative estimate of drug-likeness (QED) is 0.411. The Morgan fingerprint density at radius 1 is 1.50 bits per heavy atom. The Balaban J connectivity index is 3.01. The molecule has 10 heteroatoms. The van der Waals surface area contributed by atoms with E-state index in [1.807, 2.05) is 6.92 Å². The summed E-state index contributed by atoms with van der Waals surface area (Å²) in [4.78, 5) is 10.0. The number of hydrogen-bond acceptors (Lipinski definition) is 6. The standard InChI is InChI=1S/C10H15ClN2O5S2/c1-3-12(5-6-18-4-2)20(16,17)9-7-8(13(14)15)10(11)19-9/h7H,3-6H2,1-2H3. The van der Waals surface area contributed by atoms with E-state index in [1.54, 1.807) is 6.92 Å². The Bertz CT molecular complexity index is 572. The highest BCUT2D eigenvalue weighted by Gasteiger charge is 2.29. The molecule has 1 aromatic heterocycles. The number of rotatable bonds is 8. The molecule has 0 aliphatic rings. The molecule has 0 spiro atoms. The zero-order valence-electron chi connectivity index (χ0n) is 11.0. The van der Waals surface area contributed by atoms with Gasteiger partial charge in [-0.05, 0) is 6.92 Å². The summed E-state index contributed by atoms with van der Waals surface area (Å²) in [6, 6.07) is 0.992. The maximum atomic E-state index is 12.3. The number of thiophene rings is 1. The molecule has 0 bridgehead atoms. The van der Waals surface area contributed by atoms with E-state index in [0.29, 0.717) is 17.9 Å². The van der Waals surface area contributed by atoms with Crippen LogP contribution < -0.4 is 0 Å². The summed E-state index contributed by atoms with van der Waals surface area (Å²) in [5.41, 5.74) is -0.392. The Morgan fingerprint density at radius 3 is 2.60 bits per heavy atom. The smallest absolute Gasteiger partial charge is 0.300 e. The topological polar surface area (TPSA) is 89.8 Å². The molecule has 0 saturated carbocycles. The van der Waals surface area contributed by atoms with E-state index in [0.717, 1.165) is 6.07 Å². The van der Waals surface area contributed by atoms with Gasteiger partial charge in [-0.1, -0.05) is 18.5 Å². The van der Waals surface area contributed by atoms with Gasteiger partial charge in [0.15, 0.2) is 4.34 Å². The summed E-state index contributed by atoms with van der Waals surface area (Å²) >= 11 is 6.38. The van der Waals surface area contributed by atoms with Crippen molar-refractivity contribution >= 4 is 38.6 Å². The highest BCUT2D eigenvalue weighted by Crippen LogP contribution is 2.37. The fourth-order valence-electron chi connectivity index (χ4n) is 1.48. The van der Waals surface area contributed by atoms with Crippen LogP contribution in [0, 0.1) is 10.1 Å². The average molecular weight is 343 g/mol. The van der Waals surface area contributed by atoms with Crippen molar-refractivity contribution in [2.24, 2.45) is 0 Å². The van der Waals surface area contributed by atoms with Crippen LogP contribution in [0.15, 0.2) is 10.3 Å². The van der Waals surface area contributed by atoms with E-state index in [1.165, 1.54) is 4.31 Å². The predicted molar refractivity (Wildman–Crippen MR) is 76.9 cm³/mol. The van der Waals surface area contributed by atoms with Crippen LogP contribution in [-0.4, -0.2) is 43.9 Å². The lowest BCUT2D eigenvalue weighted by Crippen LogP contribution is -2.33. The number of ether oxygens (including phenoxy) is 1. The van der Waals surface area contributed by atoms with Crippen molar-refractivity contribution in [3.8, 4) is 0 Å². The van der Waals surface area contributed by atoms with Crippen LogP contribution in [-0.2, 0) is 14.8 Å². The van der Waals surface area contributed by atoms with E-state index in [4.69, 9.17) is 16.3 Å². The van der Waals surface area contributed by atoms with Crippen LogP contribution in [0.4, 0.5) is 5.69 Å². The fourth-order valence-corrected chi connectivity index (χ4v) is 4.73. The lowest BCUT2D eigenvalue weighted by atomic mass is 10.6. The molecule has 0 aromatic carbocycles. The van der Waals surface area contributed by atoms with E-state index in [2.05, 4.69) is 0 Å². The minimum Gasteiger partial charge on any atom is -0.380 e. The molecule has 0 amide bonds. The maximum Gasteiger partial charge on any atom is 0.300 e. The fraction of sp³-hybridized carbons (Fsp3) is 0.600. The first-order valence-corrected chi connectivity index (χ1v) is 8.49. The van der Waals surface area contributed by atoms with Crippen molar-refractivity contribution < 1.29 is 18.1 Å². The van der Waals surface area contributed by atoms with Gasteiger partial charge in [-0.15, -0.1) is 11.3 Å². The summed E-state index contributed by atoms with van der Waals surface area (Å²) in [6.45, 7) is 4.70. The molecule has 20 heavy (non-hydrogen) atoms. The highest BCUT2D eigenvalue weighted by molar-refractivity contribution is 7.91. The molecule has 0 atom stereocenters. The Hall–Kier alpha value is -0.740. The van der Waals surface area contributed by atoms with Gasteiger partial charge >= 0.3 is 0 Å². The van der Waals surface area contributed by atoms with Crippen LogP contribution in [0.1, 0.15) is 13.8 Å². The number of nitro groups is 1. The monoisotopic (exact) mass is 342 g/mol. The molecular formula is C10H15ClN2O5S2. The van der Waals surface area contributed by atoms with Crippen LogP contribution in [0.5, 0.6) is 0 Å². The molecule has 1 rings (SSSR count). The molecule has 114 valence electrons. The zero-order valence-corrected chi connectivity index (χ0v) is 13.4. The second-order valence-electron chi connectivity index (χ2n) is 3.68. The van der Waals surface area contributed by atoms with Gasteiger partial charge in [0, 0.05) is 25.8 Å². The lowest BCUT2D eigenvalue weighted by molar-refractivity contribution is -0.384. The molecular weight excluding hydrogens is 328 g/mol. The van der Waals surface area contributed by atoms with Gasteiger partial charge in [-0.2, -0.15) is 4.31 Å². The second kappa shape index (κ2) is 7.32. The summed E-state index contributed by atoms with van der Waals surface area (Å²) in [7, 11) is -3.78. The SMILES string of the molecule is CCOCCN(CC)S(=O)(=O)c1cc([N+](=O)[O-])c(Cl)s1. The third-order valence-corrected chi connectivity index (χ3v) is 6.24. The van der Waals surface area contributed by atoms with E-state index in [-0.39, 0.29) is 28.2 Å². The van der Waals surface area contributed by atoms with E-state index < -0.39 is 20.6 Å².